The second-order valence-corrected chi connectivity index (χ2v) is 4.57. The Bertz CT molecular complexity index is 511. The molecule has 0 spiro atoms. The summed E-state index contributed by atoms with van der Waals surface area (Å²) in [4.78, 5) is 11.4. The molecule has 0 amide bonds. The highest BCUT2D eigenvalue weighted by atomic mass is 35.5. The Morgan fingerprint density at radius 3 is 2.47 bits per heavy atom. The minimum Gasteiger partial charge on any atom is -0.395 e. The van der Waals surface area contributed by atoms with Crippen LogP contribution < -0.4 is 9.47 Å². The van der Waals surface area contributed by atoms with Crippen LogP contribution in [0, 0.1) is 11.6 Å². The number of rotatable bonds is 2. The fourth-order valence-corrected chi connectivity index (χ4v) is 2.30. The lowest BCUT2D eigenvalue weighted by Gasteiger charge is -2.06. The fourth-order valence-electron chi connectivity index (χ4n) is 1.98. The zero-order valence-electron chi connectivity index (χ0n) is 8.54. The smallest absolute Gasteiger partial charge is 0.395 e. The van der Waals surface area contributed by atoms with Crippen molar-refractivity contribution in [3.05, 3.63) is 23.8 Å². The van der Waals surface area contributed by atoms with Gasteiger partial charge < -0.3 is 9.47 Å². The first-order valence-corrected chi connectivity index (χ1v) is 5.46. The first-order valence-electron chi connectivity index (χ1n) is 5.05. The van der Waals surface area contributed by atoms with Gasteiger partial charge in [0.1, 0.15) is 5.41 Å². The molecule has 0 N–H and O–H groups in total. The summed E-state index contributed by atoms with van der Waals surface area (Å²) >= 11 is 4.67. The SMILES string of the molecule is O=C([ClH+])C1(c2ccc3c(c2)OC(F)(F)O3)CC1. The number of carbonyl (C=O) groups is 1. The molecule has 1 aliphatic carbocycles. The van der Waals surface area contributed by atoms with Crippen LogP contribution in [-0.4, -0.2) is 11.5 Å². The lowest BCUT2D eigenvalue weighted by molar-refractivity contribution is -0.309. The zero-order chi connectivity index (χ0) is 12.3. The minimum atomic E-state index is -3.63. The first kappa shape index (κ1) is 10.8. The molecule has 1 aromatic carbocycles. The van der Waals surface area contributed by atoms with E-state index in [4.69, 9.17) is 0 Å². The Morgan fingerprint density at radius 2 is 1.88 bits per heavy atom. The zero-order valence-corrected chi connectivity index (χ0v) is 9.35. The Hall–Kier alpha value is -1.36. The standard InChI is InChI=1S/C11H8ClF2O3/c12-9(15)10(3-4-10)6-1-2-7-8(5-6)17-11(13,14)16-7/h1-2,5,12H,3-4H2/q+1. The Labute approximate surface area is 100 Å². The van der Waals surface area contributed by atoms with Crippen LogP contribution in [0.5, 0.6) is 11.5 Å². The van der Waals surface area contributed by atoms with E-state index in [0.717, 1.165) is 0 Å². The highest BCUT2D eigenvalue weighted by molar-refractivity contribution is 5.83. The average Bonchev–Trinajstić information content (AvgIpc) is 2.95. The number of hydrogen-bond acceptors (Lipinski definition) is 3. The maximum Gasteiger partial charge on any atom is 0.586 e. The number of hydrogen-bond donors (Lipinski definition) is 0. The molecule has 0 unspecified atom stereocenters. The average molecular weight is 262 g/mol. The van der Waals surface area contributed by atoms with Gasteiger partial charge in [0.25, 0.3) is 0 Å². The molecule has 17 heavy (non-hydrogen) atoms. The summed E-state index contributed by atoms with van der Waals surface area (Å²) in [7, 11) is 0. The molecule has 3 rings (SSSR count). The van der Waals surface area contributed by atoms with Gasteiger partial charge in [0.2, 0.25) is 0 Å². The molecule has 1 heterocycles. The van der Waals surface area contributed by atoms with Crippen molar-refractivity contribution < 1.29 is 34.7 Å². The van der Waals surface area contributed by atoms with Crippen LogP contribution in [0.4, 0.5) is 8.78 Å². The van der Waals surface area contributed by atoms with Crippen molar-refractivity contribution in [3.8, 4) is 11.5 Å². The Morgan fingerprint density at radius 1 is 1.24 bits per heavy atom. The molecular weight excluding hydrogens is 254 g/mol. The summed E-state index contributed by atoms with van der Waals surface area (Å²) in [5.41, 5.74) is -0.0523. The van der Waals surface area contributed by atoms with Gasteiger partial charge in [0.05, 0.1) is 0 Å². The largest absolute Gasteiger partial charge is 0.586 e. The van der Waals surface area contributed by atoms with Crippen molar-refractivity contribution in [3.63, 3.8) is 0 Å². The van der Waals surface area contributed by atoms with Gasteiger partial charge in [-0.1, -0.05) is 6.07 Å². The minimum absolute atomic E-state index is 0.0219. The predicted molar refractivity (Wildman–Crippen MR) is 50.0 cm³/mol. The van der Waals surface area contributed by atoms with Gasteiger partial charge in [-0.05, 0) is 30.5 Å². The van der Waals surface area contributed by atoms with Crippen LogP contribution in [0.15, 0.2) is 18.2 Å². The first-order chi connectivity index (χ1) is 7.93. The number of fused-ring (bicyclic) bond motifs is 1. The fraction of sp³-hybridized carbons (Fsp3) is 0.364. The lowest BCUT2D eigenvalue weighted by Crippen LogP contribution is -2.26. The summed E-state index contributed by atoms with van der Waals surface area (Å²) in [5, 5.41) is -0.358. The quantitative estimate of drug-likeness (QED) is 0.762. The van der Waals surface area contributed by atoms with Crippen molar-refractivity contribution in [1.82, 2.24) is 0 Å². The van der Waals surface area contributed by atoms with Crippen LogP contribution >= 0.6 is 0 Å². The molecule has 0 radical (unpaired) electrons. The number of carbonyl (C=O) groups excluding carboxylic acids is 1. The van der Waals surface area contributed by atoms with Gasteiger partial charge in [0.15, 0.2) is 23.1 Å². The van der Waals surface area contributed by atoms with E-state index in [0.29, 0.717) is 18.4 Å². The molecule has 0 bridgehead atoms. The van der Waals surface area contributed by atoms with E-state index in [1.807, 2.05) is 0 Å². The summed E-state index contributed by atoms with van der Waals surface area (Å²) in [6, 6.07) is 4.37. The lowest BCUT2D eigenvalue weighted by atomic mass is 9.97. The topological polar surface area (TPSA) is 35.5 Å². The van der Waals surface area contributed by atoms with Crippen molar-refractivity contribution in [2.24, 2.45) is 0 Å². The van der Waals surface area contributed by atoms with E-state index in [-0.39, 0.29) is 16.7 Å². The van der Waals surface area contributed by atoms with Gasteiger partial charge in [-0.2, -0.15) is 0 Å². The van der Waals surface area contributed by atoms with Crippen molar-refractivity contribution in [2.45, 2.75) is 24.6 Å². The summed E-state index contributed by atoms with van der Waals surface area (Å²) in [6.45, 7) is 0. The molecule has 0 aromatic heterocycles. The van der Waals surface area contributed by atoms with Gasteiger partial charge in [-0.25, -0.2) is 4.79 Å². The molecule has 1 fully saturated rings. The van der Waals surface area contributed by atoms with Crippen LogP contribution in [0.25, 0.3) is 0 Å². The van der Waals surface area contributed by atoms with E-state index in [9.17, 15) is 13.6 Å². The van der Waals surface area contributed by atoms with E-state index < -0.39 is 11.7 Å². The molecule has 2 aliphatic rings. The van der Waals surface area contributed by atoms with Crippen molar-refractivity contribution in [2.75, 3.05) is 0 Å². The molecule has 1 aliphatic heterocycles. The monoisotopic (exact) mass is 261 g/mol. The number of benzene rings is 1. The van der Waals surface area contributed by atoms with Crippen LogP contribution in [0.1, 0.15) is 18.4 Å². The van der Waals surface area contributed by atoms with Crippen LogP contribution in [0.2, 0.25) is 0 Å². The van der Waals surface area contributed by atoms with Gasteiger partial charge in [-0.3, -0.25) is 0 Å². The molecule has 0 saturated heterocycles. The molecule has 0 atom stereocenters. The third-order valence-corrected chi connectivity index (χ3v) is 3.49. The highest BCUT2D eigenvalue weighted by Gasteiger charge is 2.56. The molecule has 90 valence electrons. The normalized spacial score (nSPS) is 22.3. The van der Waals surface area contributed by atoms with Crippen molar-refractivity contribution >= 4 is 5.24 Å². The second kappa shape index (κ2) is 3.10. The van der Waals surface area contributed by atoms with Gasteiger partial charge >= 0.3 is 11.5 Å². The molecule has 3 nitrogen and oxygen atoms in total. The molecule has 1 saturated carbocycles. The molecular formula is C11H8ClF2O3+. The number of ether oxygens (including phenoxy) is 2. The summed E-state index contributed by atoms with van der Waals surface area (Å²) < 4.78 is 34.2. The number of alkyl halides is 2. The Kier molecular flexibility index (Phi) is 1.96. The third-order valence-electron chi connectivity index (χ3n) is 3.09. The third kappa shape index (κ3) is 1.57. The van der Waals surface area contributed by atoms with E-state index >= 15 is 0 Å². The predicted octanol–water partition coefficient (Wildman–Crippen LogP) is 1.85. The summed E-state index contributed by atoms with van der Waals surface area (Å²) in [5.74, 6) is -0.0682. The van der Waals surface area contributed by atoms with E-state index in [1.165, 1.54) is 12.1 Å². The van der Waals surface area contributed by atoms with Gasteiger partial charge in [-0.15, -0.1) is 8.78 Å². The van der Waals surface area contributed by atoms with Crippen molar-refractivity contribution in [1.29, 1.82) is 0 Å². The highest BCUT2D eigenvalue weighted by Crippen LogP contribution is 2.51. The van der Waals surface area contributed by atoms with E-state index in [1.54, 1.807) is 6.07 Å². The Balaban J connectivity index is 1.99. The maximum absolute atomic E-state index is 12.8. The van der Waals surface area contributed by atoms with Crippen LogP contribution in [-0.2, 0) is 10.2 Å². The molecule has 6 heteroatoms. The van der Waals surface area contributed by atoms with E-state index in [2.05, 4.69) is 21.1 Å². The van der Waals surface area contributed by atoms with Gasteiger partial charge in [0, 0.05) is 0 Å². The number of halogens is 3. The maximum atomic E-state index is 12.8. The molecule has 1 aromatic rings. The second-order valence-electron chi connectivity index (χ2n) is 4.20. The summed E-state index contributed by atoms with van der Waals surface area (Å²) in [6.07, 6.45) is -2.31. The van der Waals surface area contributed by atoms with Crippen LogP contribution in [0.3, 0.4) is 0 Å².